The summed E-state index contributed by atoms with van der Waals surface area (Å²) in [7, 11) is 0. The zero-order valence-electron chi connectivity index (χ0n) is 69.4. The Bertz CT molecular complexity index is 3410. The predicted molar refractivity (Wildman–Crippen MR) is 424 cm³/mol. The molecule has 0 aromatic heterocycles. The van der Waals surface area contributed by atoms with E-state index in [4.69, 9.17) is 39.4 Å². The van der Waals surface area contributed by atoms with Crippen molar-refractivity contribution in [3.05, 3.63) is 92.6 Å². The average Bonchev–Trinajstić information content (AvgIpc) is 0.743. The van der Waals surface area contributed by atoms with E-state index in [0.717, 1.165) is 135 Å². The Labute approximate surface area is 649 Å². The maximum atomic E-state index is 13.0. The van der Waals surface area contributed by atoms with Crippen LogP contribution in [0.15, 0.2) is 75.9 Å². The number of ether oxygens (including phenoxy) is 4. The van der Waals surface area contributed by atoms with Crippen molar-refractivity contribution < 1.29 is 79.0 Å². The molecule has 0 amide bonds. The first kappa shape index (κ1) is 87.4. The number of carbonyl (C=O) groups is 4. The van der Waals surface area contributed by atoms with Gasteiger partial charge in [0.1, 0.15) is 50.8 Å². The second kappa shape index (κ2) is 35.9. The van der Waals surface area contributed by atoms with Crippen molar-refractivity contribution in [3.8, 4) is 0 Å². The van der Waals surface area contributed by atoms with Crippen molar-refractivity contribution in [1.82, 2.24) is 0 Å². The highest BCUT2D eigenvalue weighted by Crippen LogP contribution is 2.67. The minimum Gasteiger partial charge on any atom is -0.462 e. The number of benzene rings is 1. The van der Waals surface area contributed by atoms with Crippen LogP contribution < -0.4 is 0 Å². The van der Waals surface area contributed by atoms with Gasteiger partial charge in [-0.25, -0.2) is 0 Å². The molecular weight excluding hydrogens is 1360 g/mol. The van der Waals surface area contributed by atoms with Gasteiger partial charge in [0.2, 0.25) is 0 Å². The molecule has 16 heteroatoms. The van der Waals surface area contributed by atoms with Crippen molar-refractivity contribution >= 4 is 23.9 Å². The van der Waals surface area contributed by atoms with Gasteiger partial charge in [-0.1, -0.05) is 174 Å². The molecule has 0 aliphatic heterocycles. The highest BCUT2D eigenvalue weighted by molar-refractivity contribution is 5.79. The van der Waals surface area contributed by atoms with Crippen LogP contribution >= 0.6 is 0 Å². The molecule has 0 radical (unpaired) electrons. The fraction of sp³-hybridized carbons (Fsp3) is 0.783. The number of aliphatic hydroxyl groups excluding tert-OH is 8. The quantitative estimate of drug-likeness (QED) is 0.0343. The molecule has 16 nitrogen and oxygen atoms in total. The molecule has 5 fully saturated rings. The van der Waals surface area contributed by atoms with Gasteiger partial charge in [0, 0.05) is 0 Å². The van der Waals surface area contributed by atoms with Crippen molar-refractivity contribution in [2.24, 2.45) is 97.1 Å². The number of esters is 4. The van der Waals surface area contributed by atoms with Crippen LogP contribution in [0.4, 0.5) is 0 Å². The van der Waals surface area contributed by atoms with Gasteiger partial charge in [-0.15, -0.1) is 0 Å². The summed E-state index contributed by atoms with van der Waals surface area (Å²) in [6.07, 6.45) is 32.1. The lowest BCUT2D eigenvalue weighted by molar-refractivity contribution is -0.174. The van der Waals surface area contributed by atoms with E-state index >= 15 is 0 Å². The first-order valence-electron chi connectivity index (χ1n) is 42.4. The fourth-order valence-electron chi connectivity index (χ4n) is 23.9. The van der Waals surface area contributed by atoms with E-state index in [0.29, 0.717) is 47.3 Å². The van der Waals surface area contributed by atoms with Gasteiger partial charge < -0.3 is 59.8 Å². The van der Waals surface area contributed by atoms with Crippen LogP contribution in [0.3, 0.4) is 0 Å². The van der Waals surface area contributed by atoms with Gasteiger partial charge in [-0.3, -0.25) is 19.2 Å². The Hall–Kier alpha value is -4.52. The molecule has 0 saturated heterocycles. The number of carbonyl (C=O) groups excluding carboxylic acids is 4. The Balaban J connectivity index is 0.000000166. The molecule has 19 unspecified atom stereocenters. The van der Waals surface area contributed by atoms with Crippen LogP contribution in [0.1, 0.15) is 287 Å². The molecule has 5 saturated carbocycles. The van der Waals surface area contributed by atoms with E-state index in [9.17, 15) is 39.6 Å². The lowest BCUT2D eigenvalue weighted by Gasteiger charge is -2.58. The number of aliphatic hydroxyl groups is 8. The Morgan fingerprint density at radius 2 is 0.889 bits per heavy atom. The second-order valence-corrected chi connectivity index (χ2v) is 38.6. The monoisotopic (exact) mass is 1510 g/mol. The molecule has 108 heavy (non-hydrogen) atoms. The summed E-state index contributed by atoms with van der Waals surface area (Å²) in [5.74, 6) is 4.53. The molecule has 1 aromatic carbocycles. The zero-order chi connectivity index (χ0) is 79.3. The van der Waals surface area contributed by atoms with E-state index < -0.39 is 52.7 Å². The van der Waals surface area contributed by atoms with Crippen LogP contribution in [0, 0.1) is 97.1 Å². The third-order valence-electron chi connectivity index (χ3n) is 30.4. The Kier molecular flexibility index (Phi) is 29.1. The molecule has 11 aliphatic rings. The number of rotatable bonds is 20. The Morgan fingerprint density at radius 1 is 0.444 bits per heavy atom. The molecule has 608 valence electrons. The minimum atomic E-state index is -1.01. The molecule has 11 aliphatic carbocycles. The SMILES string of the molecule is CC(C)C1=CC2=C(CC1)C1(C)CCCC(C)(C(=O)OCC(O)CO)C1CC2.CC(C)C1=CC2=CCC3C(C)(C(=O)OCC(O)CO)CCCC3(C)C2CC1.CC(C)C1C=C2CCC3C(C)(C(=O)OCC(O)CO)CCCC3(C)C2CC1.CC(C)c1ccc2c(c1)CCC1C(C)(C(=O)OCC(O)CO)CCCC21C. The summed E-state index contributed by atoms with van der Waals surface area (Å²) in [6.45, 7) is 33.9. The maximum Gasteiger partial charge on any atom is 0.312 e. The molecule has 0 heterocycles. The van der Waals surface area contributed by atoms with Crippen molar-refractivity contribution in [2.75, 3.05) is 52.9 Å². The van der Waals surface area contributed by atoms with Crippen LogP contribution in [0.2, 0.25) is 0 Å². The summed E-state index contributed by atoms with van der Waals surface area (Å²) in [6, 6.07) is 6.91. The highest BCUT2D eigenvalue weighted by atomic mass is 16.6. The fourth-order valence-corrected chi connectivity index (χ4v) is 23.9. The number of allylic oxidation sites excluding steroid dienone is 10. The lowest BCUT2D eigenvalue weighted by Crippen LogP contribution is -2.54. The van der Waals surface area contributed by atoms with Crippen molar-refractivity contribution in [1.29, 1.82) is 0 Å². The first-order valence-corrected chi connectivity index (χ1v) is 42.4. The highest BCUT2D eigenvalue weighted by Gasteiger charge is 2.62. The number of hydrogen-bond acceptors (Lipinski definition) is 16. The molecule has 12 rings (SSSR count). The summed E-state index contributed by atoms with van der Waals surface area (Å²) >= 11 is 0. The van der Waals surface area contributed by atoms with E-state index in [1.807, 2.05) is 6.92 Å². The standard InChI is InChI=1S/C23H38O4.2C23H36O4.C23H34O4/c4*1-15(2)16-6-8-19-17(12-16)7-9-20-22(19,3)10-5-11-23(20,4)21(26)27-14-18(25)13-24/h12,15-16,18-20,24-25H,5-11,13-14H2,1-4H3;12,15,18,20,24-25H,5-11,13-14H2,1-4H3;7,12,15,18-20,24-25H,5-6,8-11,13-14H2,1-4H3;6,8,12,15,18,20,24-25H,5,7,9-11,13-14H2,1-4H3. The van der Waals surface area contributed by atoms with Gasteiger partial charge in [-0.05, 0) is 277 Å². The molecule has 19 atom stereocenters. The number of fused-ring (bicyclic) bond motifs is 11. The number of hydrogen-bond donors (Lipinski definition) is 8. The minimum absolute atomic E-state index is 0.0231. The topological polar surface area (TPSA) is 267 Å². The molecule has 8 N–H and O–H groups in total. The van der Waals surface area contributed by atoms with Gasteiger partial charge in [0.25, 0.3) is 0 Å². The molecule has 1 aromatic rings. The smallest absolute Gasteiger partial charge is 0.312 e. The van der Waals surface area contributed by atoms with E-state index in [1.165, 1.54) is 53.5 Å². The van der Waals surface area contributed by atoms with E-state index in [2.05, 4.69) is 146 Å². The van der Waals surface area contributed by atoms with Crippen LogP contribution in [-0.2, 0) is 50.0 Å². The average molecular weight is 1510 g/mol. The first-order chi connectivity index (χ1) is 50.9. The normalized spacial score (nSPS) is 35.7. The van der Waals surface area contributed by atoms with E-state index in [1.54, 1.807) is 22.3 Å². The molecular formula is C92H144O16. The van der Waals surface area contributed by atoms with Gasteiger partial charge in [-0.2, -0.15) is 0 Å². The lowest BCUT2D eigenvalue weighted by atomic mass is 9.45. The maximum absolute atomic E-state index is 13.0. The van der Waals surface area contributed by atoms with Crippen LogP contribution in [0.25, 0.3) is 0 Å². The second-order valence-electron chi connectivity index (χ2n) is 38.6. The van der Waals surface area contributed by atoms with Gasteiger partial charge in [0.15, 0.2) is 0 Å². The Morgan fingerprint density at radius 3 is 1.38 bits per heavy atom. The molecule has 0 bridgehead atoms. The van der Waals surface area contributed by atoms with Crippen LogP contribution in [-0.4, -0.2) is 142 Å². The molecule has 0 spiro atoms. The zero-order valence-corrected chi connectivity index (χ0v) is 69.4. The third kappa shape index (κ3) is 17.9. The summed E-state index contributed by atoms with van der Waals surface area (Å²) in [5.41, 5.74) is 11.8. The predicted octanol–water partition coefficient (Wildman–Crippen LogP) is 16.0. The largest absolute Gasteiger partial charge is 0.462 e. The van der Waals surface area contributed by atoms with Crippen molar-refractivity contribution in [3.63, 3.8) is 0 Å². The number of aryl methyl sites for hydroxylation is 1. The van der Waals surface area contributed by atoms with Crippen LogP contribution in [0.5, 0.6) is 0 Å². The third-order valence-corrected chi connectivity index (χ3v) is 30.4. The summed E-state index contributed by atoms with van der Waals surface area (Å²) in [5, 5.41) is 74.2. The van der Waals surface area contributed by atoms with E-state index in [-0.39, 0.29) is 110 Å². The summed E-state index contributed by atoms with van der Waals surface area (Å²) < 4.78 is 21.7. The van der Waals surface area contributed by atoms with Crippen molar-refractivity contribution in [2.45, 2.75) is 307 Å². The summed E-state index contributed by atoms with van der Waals surface area (Å²) in [4.78, 5) is 52.0. The van der Waals surface area contributed by atoms with Gasteiger partial charge >= 0.3 is 23.9 Å². The van der Waals surface area contributed by atoms with Gasteiger partial charge in [0.05, 0.1) is 48.1 Å².